The molecule has 1 unspecified atom stereocenters. The number of guanidine groups is 1. The second-order valence-electron chi connectivity index (χ2n) is 7.03. The Kier molecular flexibility index (Phi) is 8.29. The van der Waals surface area contributed by atoms with Gasteiger partial charge in [-0.3, -0.25) is 4.99 Å². The molecule has 3 rings (SSSR count). The van der Waals surface area contributed by atoms with E-state index in [0.29, 0.717) is 12.6 Å². The molecule has 2 aromatic rings. The highest BCUT2D eigenvalue weighted by Gasteiger charge is 2.23. The van der Waals surface area contributed by atoms with E-state index in [0.717, 1.165) is 31.0 Å². The lowest BCUT2D eigenvalue weighted by atomic mass is 10.2. The van der Waals surface area contributed by atoms with Crippen LogP contribution in [0.4, 0.5) is 5.69 Å². The molecule has 0 aliphatic carbocycles. The first-order chi connectivity index (χ1) is 13.3. The third-order valence-corrected chi connectivity index (χ3v) is 5.79. The fourth-order valence-corrected chi connectivity index (χ4v) is 3.75. The molecule has 0 radical (unpaired) electrons. The second kappa shape index (κ2) is 10.3. The van der Waals surface area contributed by atoms with Crippen molar-refractivity contribution in [3.8, 4) is 0 Å². The van der Waals surface area contributed by atoms with Crippen LogP contribution in [0.15, 0.2) is 58.4 Å². The molecule has 0 aromatic heterocycles. The summed E-state index contributed by atoms with van der Waals surface area (Å²) >= 11 is 0. The molecule has 1 atom stereocenters. The number of primary sulfonamides is 1. The minimum Gasteiger partial charge on any atom is -0.369 e. The number of hydrogen-bond donors (Lipinski definition) is 3. The van der Waals surface area contributed by atoms with Gasteiger partial charge in [-0.15, -0.1) is 24.0 Å². The minimum absolute atomic E-state index is 0. The number of sulfonamides is 1. The van der Waals surface area contributed by atoms with Gasteiger partial charge in [-0.25, -0.2) is 13.6 Å². The van der Waals surface area contributed by atoms with E-state index in [9.17, 15) is 8.42 Å². The van der Waals surface area contributed by atoms with Crippen molar-refractivity contribution in [1.82, 2.24) is 10.6 Å². The summed E-state index contributed by atoms with van der Waals surface area (Å²) in [6.45, 7) is 4.56. The number of nitrogens with zero attached hydrogens (tertiary/aromatic N) is 2. The molecule has 4 N–H and O–H groups in total. The molecule has 9 heteroatoms. The lowest BCUT2D eigenvalue weighted by molar-refractivity contribution is 0.597. The first kappa shape index (κ1) is 23.4. The molecule has 158 valence electrons. The Hall–Kier alpha value is -1.85. The van der Waals surface area contributed by atoms with Crippen LogP contribution in [0.5, 0.6) is 0 Å². The SMILES string of the molecule is CN=C(NCc1ccc(S(N)(=O)=O)cc1)NC1CCN(c2ccc(C)cc2)C1.I. The summed E-state index contributed by atoms with van der Waals surface area (Å²) in [5.74, 6) is 0.728. The van der Waals surface area contributed by atoms with Crippen LogP contribution in [0.3, 0.4) is 0 Å². The van der Waals surface area contributed by atoms with E-state index in [1.165, 1.54) is 23.4 Å². The lowest BCUT2D eigenvalue weighted by Gasteiger charge is -2.20. The lowest BCUT2D eigenvalue weighted by Crippen LogP contribution is -2.44. The van der Waals surface area contributed by atoms with Crippen LogP contribution in [0, 0.1) is 6.92 Å². The summed E-state index contributed by atoms with van der Waals surface area (Å²) in [7, 11) is -1.92. The summed E-state index contributed by atoms with van der Waals surface area (Å²) in [6.07, 6.45) is 1.04. The van der Waals surface area contributed by atoms with E-state index >= 15 is 0 Å². The van der Waals surface area contributed by atoms with Crippen LogP contribution in [0.2, 0.25) is 0 Å². The zero-order chi connectivity index (χ0) is 20.1. The zero-order valence-corrected chi connectivity index (χ0v) is 19.8. The molecule has 0 saturated carbocycles. The van der Waals surface area contributed by atoms with Gasteiger partial charge in [0, 0.05) is 38.4 Å². The zero-order valence-electron chi connectivity index (χ0n) is 16.6. The summed E-state index contributed by atoms with van der Waals surface area (Å²) in [5, 5.41) is 11.9. The van der Waals surface area contributed by atoms with Crippen LogP contribution in [-0.4, -0.2) is 40.6 Å². The third kappa shape index (κ3) is 6.58. The van der Waals surface area contributed by atoms with Crippen LogP contribution < -0.4 is 20.7 Å². The van der Waals surface area contributed by atoms with Gasteiger partial charge in [-0.2, -0.15) is 0 Å². The first-order valence-electron chi connectivity index (χ1n) is 9.26. The molecule has 1 aliphatic rings. The van der Waals surface area contributed by atoms with E-state index in [1.807, 2.05) is 0 Å². The van der Waals surface area contributed by atoms with Crippen molar-refractivity contribution in [1.29, 1.82) is 0 Å². The molecule has 1 aliphatic heterocycles. The maximum atomic E-state index is 11.3. The molecule has 1 saturated heterocycles. The predicted molar refractivity (Wildman–Crippen MR) is 128 cm³/mol. The summed E-state index contributed by atoms with van der Waals surface area (Å²) < 4.78 is 22.6. The number of rotatable bonds is 5. The van der Waals surface area contributed by atoms with Crippen molar-refractivity contribution in [2.24, 2.45) is 10.1 Å². The normalized spacial score (nSPS) is 17.0. The van der Waals surface area contributed by atoms with Gasteiger partial charge >= 0.3 is 0 Å². The molecular weight excluding hydrogens is 501 g/mol. The van der Waals surface area contributed by atoms with Crippen molar-refractivity contribution in [2.75, 3.05) is 25.0 Å². The maximum absolute atomic E-state index is 11.3. The molecule has 29 heavy (non-hydrogen) atoms. The van der Waals surface area contributed by atoms with E-state index < -0.39 is 10.0 Å². The summed E-state index contributed by atoms with van der Waals surface area (Å²) in [4.78, 5) is 6.78. The number of aliphatic imine (C=N–C) groups is 1. The Morgan fingerprint density at radius 1 is 1.17 bits per heavy atom. The number of aryl methyl sites for hydroxylation is 1. The molecule has 0 amide bonds. The highest BCUT2D eigenvalue weighted by Crippen LogP contribution is 2.20. The number of benzene rings is 2. The number of nitrogens with two attached hydrogens (primary N) is 1. The molecular formula is C20H28IN5O2S. The van der Waals surface area contributed by atoms with Gasteiger partial charge in [0.1, 0.15) is 0 Å². The maximum Gasteiger partial charge on any atom is 0.238 e. The van der Waals surface area contributed by atoms with Gasteiger partial charge in [0.15, 0.2) is 5.96 Å². The second-order valence-corrected chi connectivity index (χ2v) is 8.59. The average Bonchev–Trinajstić information content (AvgIpc) is 3.14. The highest BCUT2D eigenvalue weighted by atomic mass is 127. The van der Waals surface area contributed by atoms with Gasteiger partial charge in [-0.1, -0.05) is 29.8 Å². The van der Waals surface area contributed by atoms with Crippen molar-refractivity contribution >= 4 is 45.6 Å². The van der Waals surface area contributed by atoms with Crippen molar-refractivity contribution in [3.63, 3.8) is 0 Å². The minimum atomic E-state index is -3.66. The van der Waals surface area contributed by atoms with Gasteiger partial charge in [0.05, 0.1) is 4.90 Å². The van der Waals surface area contributed by atoms with Crippen LogP contribution in [0.25, 0.3) is 0 Å². The molecule has 2 aromatic carbocycles. The molecule has 0 bridgehead atoms. The monoisotopic (exact) mass is 529 g/mol. The quantitative estimate of drug-likeness (QED) is 0.314. The van der Waals surface area contributed by atoms with Crippen LogP contribution >= 0.6 is 24.0 Å². The Labute approximate surface area is 189 Å². The smallest absolute Gasteiger partial charge is 0.238 e. The predicted octanol–water partition coefficient (Wildman–Crippen LogP) is 2.20. The van der Waals surface area contributed by atoms with Gasteiger partial charge < -0.3 is 15.5 Å². The van der Waals surface area contributed by atoms with Gasteiger partial charge in [-0.05, 0) is 43.2 Å². The molecule has 1 heterocycles. The van der Waals surface area contributed by atoms with Gasteiger partial charge in [0.2, 0.25) is 10.0 Å². The van der Waals surface area contributed by atoms with E-state index in [4.69, 9.17) is 5.14 Å². The van der Waals surface area contributed by atoms with Crippen molar-refractivity contribution in [2.45, 2.75) is 30.8 Å². The van der Waals surface area contributed by atoms with E-state index in [-0.39, 0.29) is 28.9 Å². The number of anilines is 1. The topological polar surface area (TPSA) is 99.8 Å². The third-order valence-electron chi connectivity index (χ3n) is 4.86. The first-order valence-corrected chi connectivity index (χ1v) is 10.8. The summed E-state index contributed by atoms with van der Waals surface area (Å²) in [6, 6.07) is 15.4. The van der Waals surface area contributed by atoms with Crippen LogP contribution in [-0.2, 0) is 16.6 Å². The number of halogens is 1. The van der Waals surface area contributed by atoms with Crippen LogP contribution in [0.1, 0.15) is 17.5 Å². The standard InChI is InChI=1S/C20H27N5O2S.HI/c1-15-3-7-18(8-4-15)25-12-11-17(14-25)24-20(22-2)23-13-16-5-9-19(10-6-16)28(21,26)27;/h3-10,17H,11-14H2,1-2H3,(H2,21,26,27)(H2,22,23,24);1H. The van der Waals surface area contributed by atoms with Crippen molar-refractivity contribution < 1.29 is 8.42 Å². The molecule has 0 spiro atoms. The van der Waals surface area contributed by atoms with Gasteiger partial charge in [0.25, 0.3) is 0 Å². The number of nitrogens with one attached hydrogen (secondary N) is 2. The van der Waals surface area contributed by atoms with Crippen molar-refractivity contribution in [3.05, 3.63) is 59.7 Å². The average molecular weight is 529 g/mol. The fourth-order valence-electron chi connectivity index (χ4n) is 3.24. The Bertz CT molecular complexity index is 930. The van der Waals surface area contributed by atoms with E-state index in [2.05, 4.69) is 51.7 Å². The van der Waals surface area contributed by atoms with E-state index in [1.54, 1.807) is 19.2 Å². The Balaban J connectivity index is 0.00000300. The Morgan fingerprint density at radius 3 is 2.41 bits per heavy atom. The largest absolute Gasteiger partial charge is 0.369 e. The molecule has 7 nitrogen and oxygen atoms in total. The fraction of sp³-hybridized carbons (Fsp3) is 0.350. The summed E-state index contributed by atoms with van der Waals surface area (Å²) in [5.41, 5.74) is 3.45. The number of hydrogen-bond acceptors (Lipinski definition) is 4. The molecule has 1 fully saturated rings. The Morgan fingerprint density at radius 2 is 1.83 bits per heavy atom. The highest BCUT2D eigenvalue weighted by molar-refractivity contribution is 14.0.